The van der Waals surface area contributed by atoms with Gasteiger partial charge in [-0.15, -0.1) is 0 Å². The van der Waals surface area contributed by atoms with Crippen molar-refractivity contribution >= 4 is 5.91 Å². The van der Waals surface area contributed by atoms with E-state index in [1.165, 1.54) is 5.32 Å². The topological polar surface area (TPSA) is 61.4 Å². The normalized spacial score (nSPS) is 16.8. The van der Waals surface area contributed by atoms with E-state index >= 15 is 0 Å². The maximum absolute atomic E-state index is 12.0. The highest BCUT2D eigenvalue weighted by molar-refractivity contribution is 5.85. The summed E-state index contributed by atoms with van der Waals surface area (Å²) in [5.74, 6) is -1.54. The molecule has 0 radical (unpaired) electrons. The molecular weight excluding hydrogens is 177 g/mol. The van der Waals surface area contributed by atoms with Gasteiger partial charge in [0, 0.05) is 7.05 Å². The average molecular weight is 186 g/mol. The summed E-state index contributed by atoms with van der Waals surface area (Å²) in [5, 5.41) is 12.0. The molecule has 7 heteroatoms. The summed E-state index contributed by atoms with van der Waals surface area (Å²) in [6, 6.07) is 0. The van der Waals surface area contributed by atoms with Crippen LogP contribution in [-0.4, -0.2) is 37.0 Å². The Hall–Kier alpha value is -0.820. The van der Waals surface area contributed by atoms with E-state index in [1.54, 1.807) is 5.32 Å². The minimum absolute atomic E-state index is 0.836. The fraction of sp³-hybridized carbons (Fsp3) is 0.800. The van der Waals surface area contributed by atoms with E-state index in [-0.39, 0.29) is 0 Å². The first kappa shape index (κ1) is 11.2. The third-order valence-corrected chi connectivity index (χ3v) is 1.33. The summed E-state index contributed by atoms with van der Waals surface area (Å²) < 4.78 is 35.9. The van der Waals surface area contributed by atoms with Crippen molar-refractivity contribution in [3.8, 4) is 0 Å². The number of amides is 1. The monoisotopic (exact) mass is 186 g/mol. The fourth-order valence-electron chi connectivity index (χ4n) is 0.565. The number of hydrogen-bond donors (Lipinski definition) is 3. The van der Waals surface area contributed by atoms with Crippen molar-refractivity contribution in [2.75, 3.05) is 14.1 Å². The van der Waals surface area contributed by atoms with Crippen LogP contribution in [0.2, 0.25) is 0 Å². The van der Waals surface area contributed by atoms with Crippen molar-refractivity contribution in [2.45, 2.75) is 11.9 Å². The van der Waals surface area contributed by atoms with Crippen molar-refractivity contribution in [1.82, 2.24) is 10.6 Å². The number of carbonyl (C=O) groups is 1. The van der Waals surface area contributed by atoms with Gasteiger partial charge in [0.2, 0.25) is 0 Å². The van der Waals surface area contributed by atoms with Crippen LogP contribution in [0.1, 0.15) is 0 Å². The second-order valence-electron chi connectivity index (χ2n) is 2.04. The zero-order valence-corrected chi connectivity index (χ0v) is 6.49. The van der Waals surface area contributed by atoms with Gasteiger partial charge in [0.05, 0.1) is 0 Å². The van der Waals surface area contributed by atoms with E-state index in [9.17, 15) is 18.0 Å². The zero-order valence-electron chi connectivity index (χ0n) is 6.49. The second-order valence-corrected chi connectivity index (χ2v) is 2.04. The zero-order chi connectivity index (χ0) is 9.99. The second kappa shape index (κ2) is 3.28. The van der Waals surface area contributed by atoms with E-state index in [0.29, 0.717) is 0 Å². The molecule has 0 aliphatic rings. The van der Waals surface area contributed by atoms with Gasteiger partial charge in [-0.25, -0.2) is 0 Å². The van der Waals surface area contributed by atoms with Crippen LogP contribution in [0.25, 0.3) is 0 Å². The first-order valence-electron chi connectivity index (χ1n) is 2.99. The van der Waals surface area contributed by atoms with Crippen LogP contribution in [0, 0.1) is 0 Å². The summed E-state index contributed by atoms with van der Waals surface area (Å²) in [5.41, 5.74) is -3.51. The largest absolute Gasteiger partial charge is 0.440 e. The van der Waals surface area contributed by atoms with Gasteiger partial charge in [0.15, 0.2) is 0 Å². The molecule has 4 nitrogen and oxygen atoms in total. The molecule has 12 heavy (non-hydrogen) atoms. The predicted molar refractivity (Wildman–Crippen MR) is 34.1 cm³/mol. The number of hydrogen-bond acceptors (Lipinski definition) is 3. The van der Waals surface area contributed by atoms with E-state index in [4.69, 9.17) is 5.11 Å². The SMILES string of the molecule is CNC(=O)C(O)(NC)C(F)(F)F. The Morgan fingerprint density at radius 3 is 1.83 bits per heavy atom. The highest BCUT2D eigenvalue weighted by atomic mass is 19.4. The summed E-state index contributed by atoms with van der Waals surface area (Å²) in [4.78, 5) is 10.6. The predicted octanol–water partition coefficient (Wildman–Crippen LogP) is -0.797. The Bertz CT molecular complexity index is 182. The first-order valence-corrected chi connectivity index (χ1v) is 2.99. The lowest BCUT2D eigenvalue weighted by atomic mass is 10.2. The molecule has 0 rings (SSSR count). The van der Waals surface area contributed by atoms with E-state index in [0.717, 1.165) is 14.1 Å². The van der Waals surface area contributed by atoms with Crippen molar-refractivity contribution in [3.05, 3.63) is 0 Å². The first-order chi connectivity index (χ1) is 5.29. The van der Waals surface area contributed by atoms with Crippen LogP contribution >= 0.6 is 0 Å². The van der Waals surface area contributed by atoms with E-state index in [2.05, 4.69) is 0 Å². The number of nitrogens with one attached hydrogen (secondary N) is 2. The Balaban J connectivity index is 4.80. The highest BCUT2D eigenvalue weighted by Crippen LogP contribution is 2.27. The maximum atomic E-state index is 12.0. The smallest absolute Gasteiger partial charge is 0.361 e. The molecule has 0 spiro atoms. The lowest BCUT2D eigenvalue weighted by Gasteiger charge is -2.27. The number of carbonyl (C=O) groups excluding carboxylic acids is 1. The van der Waals surface area contributed by atoms with Crippen molar-refractivity contribution in [2.24, 2.45) is 0 Å². The lowest BCUT2D eigenvalue weighted by Crippen LogP contribution is -2.64. The molecule has 0 fully saturated rings. The third-order valence-electron chi connectivity index (χ3n) is 1.33. The van der Waals surface area contributed by atoms with Crippen LogP contribution in [0.3, 0.4) is 0 Å². The molecular formula is C5H9F3N2O2. The molecule has 0 saturated heterocycles. The minimum Gasteiger partial charge on any atom is -0.361 e. The molecule has 0 aromatic heterocycles. The Labute approximate surface area is 66.8 Å². The number of aliphatic hydroxyl groups is 1. The molecule has 0 aliphatic carbocycles. The number of likely N-dealkylation sites (N-methyl/N-ethyl adjacent to an activating group) is 2. The maximum Gasteiger partial charge on any atom is 0.440 e. The standard InChI is InChI=1S/C5H9F3N2O2/c1-9-3(11)4(12,10-2)5(6,7)8/h10,12H,1-2H3,(H,9,11). The molecule has 0 aliphatic heterocycles. The molecule has 0 saturated carbocycles. The molecule has 0 aromatic rings. The summed E-state index contributed by atoms with van der Waals surface area (Å²) in [6.45, 7) is 0. The number of rotatable bonds is 2. The van der Waals surface area contributed by atoms with Gasteiger partial charge >= 0.3 is 6.18 Å². The summed E-state index contributed by atoms with van der Waals surface area (Å²) in [6.07, 6.45) is -5.04. The molecule has 1 amide bonds. The van der Waals surface area contributed by atoms with E-state index < -0.39 is 17.8 Å². The van der Waals surface area contributed by atoms with Gasteiger partial charge in [0.1, 0.15) is 0 Å². The minimum atomic E-state index is -5.04. The molecule has 0 bridgehead atoms. The van der Waals surface area contributed by atoms with Gasteiger partial charge in [-0.2, -0.15) is 13.2 Å². The van der Waals surface area contributed by atoms with Gasteiger partial charge in [-0.05, 0) is 7.05 Å². The van der Waals surface area contributed by atoms with Crippen LogP contribution in [0.5, 0.6) is 0 Å². The van der Waals surface area contributed by atoms with Crippen molar-refractivity contribution in [1.29, 1.82) is 0 Å². The average Bonchev–Trinajstić information content (AvgIpc) is 1.99. The third kappa shape index (κ3) is 1.67. The van der Waals surface area contributed by atoms with E-state index in [1.807, 2.05) is 0 Å². The molecule has 0 aromatic carbocycles. The molecule has 1 atom stereocenters. The Morgan fingerprint density at radius 1 is 1.33 bits per heavy atom. The van der Waals surface area contributed by atoms with Gasteiger partial charge in [-0.3, -0.25) is 10.1 Å². The van der Waals surface area contributed by atoms with Crippen LogP contribution in [-0.2, 0) is 4.79 Å². The fourth-order valence-corrected chi connectivity index (χ4v) is 0.565. The molecule has 0 heterocycles. The molecule has 72 valence electrons. The molecule has 3 N–H and O–H groups in total. The quantitative estimate of drug-likeness (QED) is 0.495. The highest BCUT2D eigenvalue weighted by Gasteiger charge is 2.58. The summed E-state index contributed by atoms with van der Waals surface area (Å²) in [7, 11) is 1.83. The number of halogens is 3. The Kier molecular flexibility index (Phi) is 3.05. The lowest BCUT2D eigenvalue weighted by molar-refractivity contribution is -0.260. The van der Waals surface area contributed by atoms with Crippen molar-refractivity contribution < 1.29 is 23.1 Å². The van der Waals surface area contributed by atoms with Gasteiger partial charge in [-0.1, -0.05) is 0 Å². The van der Waals surface area contributed by atoms with Gasteiger partial charge < -0.3 is 10.4 Å². The van der Waals surface area contributed by atoms with Crippen LogP contribution < -0.4 is 10.6 Å². The van der Waals surface area contributed by atoms with Gasteiger partial charge in [0.25, 0.3) is 11.6 Å². The van der Waals surface area contributed by atoms with Crippen LogP contribution in [0.4, 0.5) is 13.2 Å². The summed E-state index contributed by atoms with van der Waals surface area (Å²) >= 11 is 0. The van der Waals surface area contributed by atoms with Crippen LogP contribution in [0.15, 0.2) is 0 Å². The Morgan fingerprint density at radius 2 is 1.75 bits per heavy atom. The number of alkyl halides is 3. The molecule has 1 unspecified atom stereocenters. The van der Waals surface area contributed by atoms with Crippen molar-refractivity contribution in [3.63, 3.8) is 0 Å².